The molecular weight excluding hydrogens is 858 g/mol. The molecule has 0 aliphatic carbocycles. The smallest absolute Gasteiger partial charge is 0.265 e. The summed E-state index contributed by atoms with van der Waals surface area (Å²) in [6, 6.07) is 18.0. The predicted octanol–water partition coefficient (Wildman–Crippen LogP) is 9.01. The Morgan fingerprint density at radius 2 is 1.11 bits per heavy atom. The van der Waals surface area contributed by atoms with Gasteiger partial charge in [0.1, 0.15) is 15.7 Å². The minimum atomic E-state index is -0.487. The average Bonchev–Trinajstić information content (AvgIpc) is 4.17. The number of rotatable bonds is 10. The lowest BCUT2D eigenvalue weighted by Crippen LogP contribution is -2.44. The number of carbonyl (C=O) groups is 4. The van der Waals surface area contributed by atoms with Crippen LogP contribution in [0.15, 0.2) is 60.8 Å². The molecular formula is C51H64FN7O4S2. The zero-order valence-corrected chi connectivity index (χ0v) is 39.7. The molecule has 8 heterocycles. The van der Waals surface area contributed by atoms with E-state index >= 15 is 4.39 Å². The monoisotopic (exact) mass is 921 g/mol. The van der Waals surface area contributed by atoms with E-state index in [1.165, 1.54) is 54.4 Å². The zero-order valence-electron chi connectivity index (χ0n) is 38.1. The Hall–Kier alpha value is -4.50. The lowest BCUT2D eigenvalue weighted by Gasteiger charge is -2.31. The molecule has 2 aromatic heterocycles. The third-order valence-electron chi connectivity index (χ3n) is 14.7. The summed E-state index contributed by atoms with van der Waals surface area (Å²) in [5.74, 6) is -0.410. The number of thiophene rings is 1. The van der Waals surface area contributed by atoms with Crippen molar-refractivity contribution in [2.45, 2.75) is 115 Å². The van der Waals surface area contributed by atoms with Crippen molar-refractivity contribution in [3.05, 3.63) is 87.5 Å². The van der Waals surface area contributed by atoms with Gasteiger partial charge < -0.3 is 19.6 Å². The van der Waals surface area contributed by atoms with Crippen molar-refractivity contribution in [2.75, 3.05) is 65.4 Å². The van der Waals surface area contributed by atoms with Crippen molar-refractivity contribution in [1.82, 2.24) is 34.4 Å². The van der Waals surface area contributed by atoms with Crippen molar-refractivity contribution in [1.29, 1.82) is 0 Å². The van der Waals surface area contributed by atoms with E-state index in [1.54, 1.807) is 18.3 Å². The SMILES string of the molecule is C[C@@H]1CCCN1C[C@@H]1CCCN1C(=O)c1ccc(-c2ccc(C(=O)N3CCCC3)s2)cc1F.C[C@@H]1CCCN1C[C@@H]1CCCN1C(=O)c1ccc(-c2ncc(C(=O)N3CCCC3)s2)cc1. The highest BCUT2D eigenvalue weighted by molar-refractivity contribution is 7.17. The average molecular weight is 922 g/mol. The van der Waals surface area contributed by atoms with E-state index in [2.05, 4.69) is 33.5 Å². The molecule has 4 amide bonds. The molecule has 0 bridgehead atoms. The van der Waals surface area contributed by atoms with Crippen LogP contribution in [-0.2, 0) is 0 Å². The highest BCUT2D eigenvalue weighted by Gasteiger charge is 2.35. The molecule has 6 saturated heterocycles. The van der Waals surface area contributed by atoms with Gasteiger partial charge in [0.15, 0.2) is 0 Å². The highest BCUT2D eigenvalue weighted by atomic mass is 32.1. The first-order chi connectivity index (χ1) is 31.6. The minimum absolute atomic E-state index is 0.0587. The van der Waals surface area contributed by atoms with Gasteiger partial charge in [0.25, 0.3) is 23.6 Å². The third-order valence-corrected chi connectivity index (χ3v) is 16.9. The fourth-order valence-corrected chi connectivity index (χ4v) is 12.7. The second kappa shape index (κ2) is 20.6. The van der Waals surface area contributed by atoms with Crippen LogP contribution in [0.4, 0.5) is 4.39 Å². The second-order valence-corrected chi connectivity index (χ2v) is 21.1. The molecule has 0 unspecified atom stereocenters. The summed E-state index contributed by atoms with van der Waals surface area (Å²) in [4.78, 5) is 71.2. The van der Waals surface area contributed by atoms with Gasteiger partial charge in [-0.25, -0.2) is 9.37 Å². The van der Waals surface area contributed by atoms with E-state index in [9.17, 15) is 19.2 Å². The van der Waals surface area contributed by atoms with E-state index in [0.29, 0.717) is 40.0 Å². The largest absolute Gasteiger partial charge is 0.338 e. The van der Waals surface area contributed by atoms with Gasteiger partial charge in [0, 0.05) is 92.5 Å². The van der Waals surface area contributed by atoms with Crippen LogP contribution < -0.4 is 0 Å². The van der Waals surface area contributed by atoms with Gasteiger partial charge in [-0.05, 0) is 146 Å². The molecule has 6 aliphatic rings. The standard InChI is InChI=1S/C26H32FN3O2S.C25H32N4O2S/c1-18-6-4-14-29(18)17-20-7-5-15-30(20)25(31)21-9-8-19(16-22(21)27)23-10-11-24(33-23)26(32)28-12-2-3-13-28;1-18-6-4-14-28(18)17-21-7-5-15-29(21)24(30)20-10-8-19(9-11-20)23-26-16-22(32-23)25(31)27-12-2-3-13-27/h8-11,16,18,20H,2-7,12-15,17H2,1H3;8-11,16,18,21H,2-7,12-15,17H2,1H3/t18-,20+;18-,21+/m11/s1. The van der Waals surface area contributed by atoms with E-state index in [-0.39, 0.29) is 35.2 Å². The molecule has 6 fully saturated rings. The number of benzene rings is 2. The summed E-state index contributed by atoms with van der Waals surface area (Å²) < 4.78 is 15.1. The van der Waals surface area contributed by atoms with Crippen LogP contribution in [0.25, 0.3) is 21.0 Å². The van der Waals surface area contributed by atoms with Crippen LogP contribution in [0.3, 0.4) is 0 Å². The first-order valence-electron chi connectivity index (χ1n) is 24.3. The molecule has 0 saturated carbocycles. The van der Waals surface area contributed by atoms with Crippen molar-refractivity contribution < 1.29 is 23.6 Å². The number of hydrogen-bond donors (Lipinski definition) is 0. The number of nitrogens with zero attached hydrogens (tertiary/aromatic N) is 7. The molecule has 4 atom stereocenters. The lowest BCUT2D eigenvalue weighted by atomic mass is 10.1. The maximum atomic E-state index is 15.1. The Morgan fingerprint density at radius 3 is 1.66 bits per heavy atom. The molecule has 14 heteroatoms. The van der Waals surface area contributed by atoms with Gasteiger partial charge in [0.2, 0.25) is 0 Å². The topological polar surface area (TPSA) is 101 Å². The summed E-state index contributed by atoms with van der Waals surface area (Å²) in [5, 5.41) is 0.827. The van der Waals surface area contributed by atoms with Crippen LogP contribution in [0, 0.1) is 5.82 Å². The predicted molar refractivity (Wildman–Crippen MR) is 256 cm³/mol. The Labute approximate surface area is 391 Å². The van der Waals surface area contributed by atoms with Gasteiger partial charge in [-0.2, -0.15) is 0 Å². The molecule has 65 heavy (non-hydrogen) atoms. The summed E-state index contributed by atoms with van der Waals surface area (Å²) in [6.07, 6.45) is 15.1. The fourth-order valence-electron chi connectivity index (χ4n) is 10.8. The molecule has 2 aromatic carbocycles. The summed E-state index contributed by atoms with van der Waals surface area (Å²) in [5.41, 5.74) is 2.54. The molecule has 0 radical (unpaired) electrons. The first-order valence-corrected chi connectivity index (χ1v) is 25.9. The molecule has 346 valence electrons. The Kier molecular flexibility index (Phi) is 14.4. The minimum Gasteiger partial charge on any atom is -0.338 e. The maximum absolute atomic E-state index is 15.1. The Balaban J connectivity index is 0.000000164. The van der Waals surface area contributed by atoms with Gasteiger partial charge >= 0.3 is 0 Å². The van der Waals surface area contributed by atoms with Gasteiger partial charge in [-0.1, -0.05) is 18.2 Å². The molecule has 6 aliphatic heterocycles. The van der Waals surface area contributed by atoms with Crippen LogP contribution in [-0.4, -0.2) is 148 Å². The first kappa shape index (κ1) is 45.6. The summed E-state index contributed by atoms with van der Waals surface area (Å²) in [7, 11) is 0. The number of thiazole rings is 1. The van der Waals surface area contributed by atoms with Crippen molar-refractivity contribution in [3.8, 4) is 21.0 Å². The molecule has 11 nitrogen and oxygen atoms in total. The lowest BCUT2D eigenvalue weighted by molar-refractivity contribution is 0.0686. The van der Waals surface area contributed by atoms with E-state index in [4.69, 9.17) is 0 Å². The fraction of sp³-hybridized carbons (Fsp3) is 0.549. The second-order valence-electron chi connectivity index (χ2n) is 19.0. The number of amides is 4. The zero-order chi connectivity index (χ0) is 45.0. The molecule has 10 rings (SSSR count). The number of halogens is 1. The van der Waals surface area contributed by atoms with E-state index < -0.39 is 5.82 Å². The Bertz CT molecular complexity index is 2320. The maximum Gasteiger partial charge on any atom is 0.265 e. The number of aromatic nitrogens is 1. The van der Waals surface area contributed by atoms with Gasteiger partial charge in [0.05, 0.1) is 16.6 Å². The van der Waals surface area contributed by atoms with Crippen LogP contribution in [0.5, 0.6) is 0 Å². The molecule has 0 N–H and O–H groups in total. The number of carbonyl (C=O) groups excluding carboxylic acids is 4. The number of likely N-dealkylation sites (tertiary alicyclic amines) is 6. The van der Waals surface area contributed by atoms with Crippen molar-refractivity contribution in [2.24, 2.45) is 0 Å². The van der Waals surface area contributed by atoms with Crippen LogP contribution in [0.2, 0.25) is 0 Å². The normalized spacial score (nSPS) is 23.7. The van der Waals surface area contributed by atoms with Gasteiger partial charge in [-0.3, -0.25) is 29.0 Å². The van der Waals surface area contributed by atoms with E-state index in [0.717, 1.165) is 131 Å². The quantitative estimate of drug-likeness (QED) is 0.157. The van der Waals surface area contributed by atoms with Crippen LogP contribution >= 0.6 is 22.7 Å². The highest BCUT2D eigenvalue weighted by Crippen LogP contribution is 2.33. The number of hydrogen-bond acceptors (Lipinski definition) is 9. The van der Waals surface area contributed by atoms with Crippen LogP contribution in [0.1, 0.15) is 131 Å². The van der Waals surface area contributed by atoms with Crippen molar-refractivity contribution >= 4 is 46.3 Å². The third kappa shape index (κ3) is 10.3. The van der Waals surface area contributed by atoms with Crippen molar-refractivity contribution in [3.63, 3.8) is 0 Å². The molecule has 0 spiro atoms. The summed E-state index contributed by atoms with van der Waals surface area (Å²) in [6.45, 7) is 13.5. The van der Waals surface area contributed by atoms with E-state index in [1.807, 2.05) is 51.1 Å². The summed E-state index contributed by atoms with van der Waals surface area (Å²) >= 11 is 2.82. The Morgan fingerprint density at radius 1 is 0.569 bits per heavy atom. The molecule has 4 aromatic rings. The van der Waals surface area contributed by atoms with Gasteiger partial charge in [-0.15, -0.1) is 22.7 Å².